The number of anilines is 2. The minimum Gasteiger partial charge on any atom is -0.377 e. The van der Waals surface area contributed by atoms with E-state index in [0.29, 0.717) is 23.4 Å². The number of aromatic nitrogens is 2. The second-order valence-corrected chi connectivity index (χ2v) is 5.20. The van der Waals surface area contributed by atoms with E-state index >= 15 is 0 Å². The fraction of sp³-hybridized carbons (Fsp3) is 0.231. The van der Waals surface area contributed by atoms with Gasteiger partial charge >= 0.3 is 0 Å². The van der Waals surface area contributed by atoms with Gasteiger partial charge in [-0.3, -0.25) is 0 Å². The summed E-state index contributed by atoms with van der Waals surface area (Å²) in [4.78, 5) is 8.43. The molecule has 6 heteroatoms. The highest BCUT2D eigenvalue weighted by Crippen LogP contribution is 2.26. The lowest BCUT2D eigenvalue weighted by Gasteiger charge is -2.11. The normalized spacial score (nSPS) is 10.5. The zero-order chi connectivity index (χ0) is 13.8. The Hall–Kier alpha value is -1.17. The summed E-state index contributed by atoms with van der Waals surface area (Å²) in [5.74, 6) is 1.19. The zero-order valence-corrected chi connectivity index (χ0v) is 12.9. The summed E-state index contributed by atoms with van der Waals surface area (Å²) in [6.45, 7) is 2.35. The van der Waals surface area contributed by atoms with Gasteiger partial charge in [0.2, 0.25) is 0 Å². The van der Waals surface area contributed by atoms with E-state index in [-0.39, 0.29) is 0 Å². The predicted octanol–water partition coefficient (Wildman–Crippen LogP) is 4.09. The van der Waals surface area contributed by atoms with Gasteiger partial charge in [-0.25, -0.2) is 9.97 Å². The lowest BCUT2D eigenvalue weighted by molar-refractivity contribution is 0.178. The largest absolute Gasteiger partial charge is 0.377 e. The number of benzene rings is 1. The lowest BCUT2D eigenvalue weighted by atomic mass is 10.2. The molecule has 0 bridgehead atoms. The Morgan fingerprint density at radius 1 is 1.37 bits per heavy atom. The molecule has 0 atom stereocenters. The first-order chi connectivity index (χ1) is 9.10. The van der Waals surface area contributed by atoms with Gasteiger partial charge in [0.05, 0.1) is 0 Å². The summed E-state index contributed by atoms with van der Waals surface area (Å²) in [7, 11) is 1.59. The quantitative estimate of drug-likeness (QED) is 0.850. The van der Waals surface area contributed by atoms with Crippen LogP contribution in [0.1, 0.15) is 11.4 Å². The Kier molecular flexibility index (Phi) is 4.74. The third kappa shape index (κ3) is 3.65. The molecule has 100 valence electrons. The van der Waals surface area contributed by atoms with Crippen LogP contribution in [-0.2, 0) is 11.3 Å². The summed E-state index contributed by atoms with van der Waals surface area (Å²) in [6.07, 6.45) is 0. The van der Waals surface area contributed by atoms with Gasteiger partial charge in [-0.05, 0) is 24.6 Å². The van der Waals surface area contributed by atoms with Crippen LogP contribution in [0.5, 0.6) is 0 Å². The number of hydrogen-bond donors (Lipinski definition) is 1. The molecule has 1 aromatic carbocycles. The van der Waals surface area contributed by atoms with Crippen molar-refractivity contribution in [1.29, 1.82) is 0 Å². The number of halogens is 2. The van der Waals surface area contributed by atoms with E-state index in [2.05, 4.69) is 31.2 Å². The SMILES string of the molecule is COCc1nc(Cl)cc(Nc2cccc(Br)c2C)n1. The number of methoxy groups -OCH3 is 1. The number of nitrogens with zero attached hydrogens (tertiary/aromatic N) is 2. The smallest absolute Gasteiger partial charge is 0.158 e. The summed E-state index contributed by atoms with van der Waals surface area (Å²) in [5, 5.41) is 3.62. The fourth-order valence-corrected chi connectivity index (χ4v) is 2.17. The maximum Gasteiger partial charge on any atom is 0.158 e. The summed E-state index contributed by atoms with van der Waals surface area (Å²) < 4.78 is 6.05. The van der Waals surface area contributed by atoms with E-state index in [4.69, 9.17) is 16.3 Å². The average molecular weight is 343 g/mol. The van der Waals surface area contributed by atoms with E-state index in [0.717, 1.165) is 15.7 Å². The fourth-order valence-electron chi connectivity index (χ4n) is 1.60. The Bertz CT molecular complexity index is 592. The lowest BCUT2D eigenvalue weighted by Crippen LogP contribution is -2.02. The Morgan fingerprint density at radius 3 is 2.89 bits per heavy atom. The van der Waals surface area contributed by atoms with Crippen molar-refractivity contribution >= 4 is 39.0 Å². The van der Waals surface area contributed by atoms with Gasteiger partial charge in [-0.2, -0.15) is 0 Å². The molecule has 2 rings (SSSR count). The summed E-state index contributed by atoms with van der Waals surface area (Å²) in [5.41, 5.74) is 2.07. The Labute approximate surface area is 125 Å². The van der Waals surface area contributed by atoms with Crippen LogP contribution in [0.2, 0.25) is 5.15 Å². The minimum absolute atomic E-state index is 0.326. The Morgan fingerprint density at radius 2 is 2.16 bits per heavy atom. The van der Waals surface area contributed by atoms with E-state index < -0.39 is 0 Å². The van der Waals surface area contributed by atoms with Crippen molar-refractivity contribution in [3.63, 3.8) is 0 Å². The zero-order valence-electron chi connectivity index (χ0n) is 10.6. The van der Waals surface area contributed by atoms with Gasteiger partial charge in [0, 0.05) is 23.3 Å². The van der Waals surface area contributed by atoms with E-state index in [1.807, 2.05) is 25.1 Å². The molecule has 1 heterocycles. The highest BCUT2D eigenvalue weighted by atomic mass is 79.9. The van der Waals surface area contributed by atoms with Crippen LogP contribution >= 0.6 is 27.5 Å². The molecule has 1 aromatic heterocycles. The predicted molar refractivity (Wildman–Crippen MR) is 79.9 cm³/mol. The van der Waals surface area contributed by atoms with Crippen molar-refractivity contribution in [1.82, 2.24) is 9.97 Å². The molecule has 0 unspecified atom stereocenters. The van der Waals surface area contributed by atoms with Crippen molar-refractivity contribution in [2.75, 3.05) is 12.4 Å². The number of ether oxygens (including phenoxy) is 1. The van der Waals surface area contributed by atoms with E-state index in [1.165, 1.54) is 0 Å². The maximum absolute atomic E-state index is 5.97. The molecule has 0 spiro atoms. The van der Waals surface area contributed by atoms with E-state index in [1.54, 1.807) is 13.2 Å². The molecule has 4 nitrogen and oxygen atoms in total. The first kappa shape index (κ1) is 14.2. The van der Waals surface area contributed by atoms with Crippen molar-refractivity contribution < 1.29 is 4.74 Å². The van der Waals surface area contributed by atoms with Gasteiger partial charge in [-0.1, -0.05) is 33.6 Å². The second kappa shape index (κ2) is 6.32. The van der Waals surface area contributed by atoms with Crippen LogP contribution in [0.4, 0.5) is 11.5 Å². The first-order valence-corrected chi connectivity index (χ1v) is 6.82. The molecule has 0 aliphatic heterocycles. The second-order valence-electron chi connectivity index (χ2n) is 3.96. The van der Waals surface area contributed by atoms with Gasteiger partial charge < -0.3 is 10.1 Å². The first-order valence-electron chi connectivity index (χ1n) is 5.64. The molecule has 1 N–H and O–H groups in total. The number of nitrogens with one attached hydrogen (secondary N) is 1. The van der Waals surface area contributed by atoms with Gasteiger partial charge in [-0.15, -0.1) is 0 Å². The molecule has 0 aliphatic rings. The van der Waals surface area contributed by atoms with Crippen molar-refractivity contribution in [2.24, 2.45) is 0 Å². The maximum atomic E-state index is 5.97. The molecule has 0 amide bonds. The molecule has 0 saturated carbocycles. The van der Waals surface area contributed by atoms with Crippen LogP contribution in [-0.4, -0.2) is 17.1 Å². The van der Waals surface area contributed by atoms with Crippen LogP contribution in [0.15, 0.2) is 28.7 Å². The topological polar surface area (TPSA) is 47.0 Å². The molecular weight excluding hydrogens is 330 g/mol. The highest BCUT2D eigenvalue weighted by molar-refractivity contribution is 9.10. The van der Waals surface area contributed by atoms with Gasteiger partial charge in [0.15, 0.2) is 5.82 Å². The molecule has 0 radical (unpaired) electrons. The monoisotopic (exact) mass is 341 g/mol. The molecule has 0 saturated heterocycles. The standard InChI is InChI=1S/C13H13BrClN3O/c1-8-9(14)4-3-5-10(8)16-12-6-11(15)17-13(18-12)7-19-2/h3-6H,7H2,1-2H3,(H,16,17,18). The van der Waals surface area contributed by atoms with Crippen LogP contribution in [0, 0.1) is 6.92 Å². The molecule has 19 heavy (non-hydrogen) atoms. The van der Waals surface area contributed by atoms with Crippen molar-refractivity contribution in [3.05, 3.63) is 45.3 Å². The Balaban J connectivity index is 2.30. The molecular formula is C13H13BrClN3O. The third-order valence-electron chi connectivity index (χ3n) is 2.55. The third-order valence-corrected chi connectivity index (χ3v) is 3.60. The van der Waals surface area contributed by atoms with Crippen LogP contribution in [0.25, 0.3) is 0 Å². The van der Waals surface area contributed by atoms with Gasteiger partial charge in [0.1, 0.15) is 17.6 Å². The number of rotatable bonds is 4. The van der Waals surface area contributed by atoms with Crippen molar-refractivity contribution in [2.45, 2.75) is 13.5 Å². The molecule has 0 aliphatic carbocycles. The summed E-state index contributed by atoms with van der Waals surface area (Å²) >= 11 is 9.46. The van der Waals surface area contributed by atoms with Crippen LogP contribution < -0.4 is 5.32 Å². The highest BCUT2D eigenvalue weighted by Gasteiger charge is 2.06. The molecule has 0 fully saturated rings. The number of hydrogen-bond acceptors (Lipinski definition) is 4. The average Bonchev–Trinajstić information content (AvgIpc) is 2.35. The van der Waals surface area contributed by atoms with Gasteiger partial charge in [0.25, 0.3) is 0 Å². The summed E-state index contributed by atoms with van der Waals surface area (Å²) in [6, 6.07) is 7.61. The van der Waals surface area contributed by atoms with Crippen LogP contribution in [0.3, 0.4) is 0 Å². The molecule has 2 aromatic rings. The minimum atomic E-state index is 0.326. The van der Waals surface area contributed by atoms with Crippen molar-refractivity contribution in [3.8, 4) is 0 Å². The van der Waals surface area contributed by atoms with E-state index in [9.17, 15) is 0 Å².